The number of anilines is 1. The molecule has 4 rings (SSSR count). The number of ether oxygens (including phenoxy) is 2. The van der Waals surface area contributed by atoms with Crippen LogP contribution in [-0.4, -0.2) is 34.8 Å². The lowest BCUT2D eigenvalue weighted by atomic mass is 10.1. The highest BCUT2D eigenvalue weighted by molar-refractivity contribution is 9.10. The molecule has 42 heavy (non-hydrogen) atoms. The summed E-state index contributed by atoms with van der Waals surface area (Å²) in [7, 11) is 1.19. The van der Waals surface area contributed by atoms with Gasteiger partial charge in [0.05, 0.1) is 32.7 Å². The fraction of sp³-hybridized carbons (Fsp3) is 0.0800. The molecule has 17 heteroatoms. The summed E-state index contributed by atoms with van der Waals surface area (Å²) in [6.07, 6.45) is -3.76. The number of nitro groups is 2. The predicted octanol–water partition coefficient (Wildman–Crippen LogP) is 5.75. The summed E-state index contributed by atoms with van der Waals surface area (Å²) in [5.74, 6) is -3.00. The molecule has 0 bridgehead atoms. The minimum Gasteiger partial charge on any atom is -0.493 e. The number of non-ortho nitro benzene ring substituents is 1. The van der Waals surface area contributed by atoms with E-state index in [0.717, 1.165) is 24.3 Å². The van der Waals surface area contributed by atoms with E-state index < -0.39 is 62.1 Å². The Bertz CT molecular complexity index is 1710. The van der Waals surface area contributed by atoms with Crippen molar-refractivity contribution in [2.75, 3.05) is 12.0 Å². The van der Waals surface area contributed by atoms with Gasteiger partial charge in [0.25, 0.3) is 17.5 Å². The van der Waals surface area contributed by atoms with Crippen LogP contribution in [0, 0.1) is 20.2 Å². The average molecular weight is 651 g/mol. The van der Waals surface area contributed by atoms with E-state index in [9.17, 15) is 47.8 Å². The van der Waals surface area contributed by atoms with Crippen molar-refractivity contribution in [3.05, 3.63) is 96.0 Å². The largest absolute Gasteiger partial charge is 0.493 e. The van der Waals surface area contributed by atoms with E-state index in [1.165, 1.54) is 31.4 Å². The van der Waals surface area contributed by atoms with Crippen molar-refractivity contribution in [3.63, 3.8) is 0 Å². The molecule has 0 aliphatic carbocycles. The topological polar surface area (TPSA) is 171 Å². The van der Waals surface area contributed by atoms with Crippen molar-refractivity contribution >= 4 is 56.9 Å². The number of benzene rings is 3. The van der Waals surface area contributed by atoms with Gasteiger partial charge in [0, 0.05) is 18.2 Å². The Morgan fingerprint density at radius 2 is 1.69 bits per heavy atom. The number of nitrogens with one attached hydrogen (secondary N) is 1. The predicted molar refractivity (Wildman–Crippen MR) is 141 cm³/mol. The highest BCUT2D eigenvalue weighted by Gasteiger charge is 2.38. The molecular weight excluding hydrogens is 637 g/mol. The smallest absolute Gasteiger partial charge is 0.416 e. The van der Waals surface area contributed by atoms with Crippen LogP contribution in [0.1, 0.15) is 11.1 Å². The van der Waals surface area contributed by atoms with Gasteiger partial charge in [-0.25, -0.2) is 9.69 Å². The number of imide groups is 2. The summed E-state index contributed by atoms with van der Waals surface area (Å²) < 4.78 is 50.0. The van der Waals surface area contributed by atoms with Crippen LogP contribution in [0.25, 0.3) is 6.08 Å². The lowest BCUT2D eigenvalue weighted by Gasteiger charge is -2.26. The highest BCUT2D eigenvalue weighted by atomic mass is 79.9. The fourth-order valence-electron chi connectivity index (χ4n) is 3.76. The van der Waals surface area contributed by atoms with E-state index in [2.05, 4.69) is 15.9 Å². The number of methoxy groups -OCH3 is 1. The molecule has 0 atom stereocenters. The molecule has 1 aliphatic heterocycles. The van der Waals surface area contributed by atoms with Crippen LogP contribution >= 0.6 is 15.9 Å². The number of nitrogens with zero attached hydrogens (tertiary/aromatic N) is 3. The maximum Gasteiger partial charge on any atom is 0.416 e. The number of alkyl halides is 3. The number of nitro benzene ring substituents is 2. The first-order valence-electron chi connectivity index (χ1n) is 11.3. The van der Waals surface area contributed by atoms with E-state index in [0.29, 0.717) is 17.0 Å². The first kappa shape index (κ1) is 29.7. The third kappa shape index (κ3) is 5.90. The lowest BCUT2D eigenvalue weighted by Crippen LogP contribution is -2.54. The average Bonchev–Trinajstić information content (AvgIpc) is 2.91. The first-order valence-corrected chi connectivity index (χ1v) is 12.1. The van der Waals surface area contributed by atoms with E-state index >= 15 is 0 Å². The van der Waals surface area contributed by atoms with E-state index in [4.69, 9.17) is 9.47 Å². The zero-order valence-corrected chi connectivity index (χ0v) is 22.4. The van der Waals surface area contributed by atoms with Gasteiger partial charge in [-0.2, -0.15) is 13.2 Å². The number of amides is 4. The van der Waals surface area contributed by atoms with Crippen LogP contribution < -0.4 is 19.7 Å². The molecule has 0 unspecified atom stereocenters. The number of rotatable bonds is 7. The summed E-state index contributed by atoms with van der Waals surface area (Å²) in [5, 5.41) is 24.6. The quantitative estimate of drug-likeness (QED) is 0.145. The summed E-state index contributed by atoms with van der Waals surface area (Å²) >= 11 is 3.18. The molecule has 0 saturated carbocycles. The standard InChI is InChI=1S/C25H14BrF3N4O9/c1-41-20-9-12(8-17(26)21(20)42-19-6-5-13(25(27,28)29)10-18(19)33(39)40)7-16-22(34)30-24(36)31(23(16)35)14-3-2-4-15(11-14)32(37)38/h2-11H,1H3,(H,30,34,36)/b16-7+. The molecule has 1 aliphatic rings. The summed E-state index contributed by atoms with van der Waals surface area (Å²) in [5.41, 5.74) is -3.23. The van der Waals surface area contributed by atoms with Crippen molar-refractivity contribution in [3.8, 4) is 17.2 Å². The Balaban J connectivity index is 1.72. The monoisotopic (exact) mass is 650 g/mol. The SMILES string of the molecule is COc1cc(/C=C2\C(=O)NC(=O)N(c3cccc([N+](=O)[O-])c3)C2=O)cc(Br)c1Oc1ccc(C(F)(F)F)cc1[N+](=O)[O-]. The zero-order chi connectivity index (χ0) is 30.9. The van der Waals surface area contributed by atoms with Gasteiger partial charge >= 0.3 is 17.9 Å². The van der Waals surface area contributed by atoms with Crippen LogP contribution in [0.15, 0.2) is 64.6 Å². The second-order valence-corrected chi connectivity index (χ2v) is 9.16. The summed E-state index contributed by atoms with van der Waals surface area (Å²) in [6, 6.07) is 7.71. The fourth-order valence-corrected chi connectivity index (χ4v) is 4.30. The second kappa shape index (κ2) is 11.3. The molecule has 0 aromatic heterocycles. The maximum absolute atomic E-state index is 13.2. The zero-order valence-electron chi connectivity index (χ0n) is 20.8. The third-order valence-corrected chi connectivity index (χ3v) is 6.25. The molecule has 216 valence electrons. The van der Waals surface area contributed by atoms with Crippen molar-refractivity contribution in [2.45, 2.75) is 6.18 Å². The molecule has 1 fully saturated rings. The van der Waals surface area contributed by atoms with E-state index in [1.54, 1.807) is 0 Å². The Labute approximate surface area is 240 Å². The van der Waals surface area contributed by atoms with Crippen LogP contribution in [0.5, 0.6) is 17.2 Å². The molecule has 1 N–H and O–H groups in total. The minimum atomic E-state index is -4.84. The minimum absolute atomic E-state index is 0.0539. The normalized spacial score (nSPS) is 14.5. The third-order valence-electron chi connectivity index (χ3n) is 5.66. The van der Waals surface area contributed by atoms with Crippen LogP contribution in [-0.2, 0) is 15.8 Å². The number of halogens is 4. The Kier molecular flexibility index (Phi) is 7.96. The van der Waals surface area contributed by atoms with Gasteiger partial charge in [0.15, 0.2) is 11.5 Å². The van der Waals surface area contributed by atoms with Crippen molar-refractivity contribution < 1.29 is 46.9 Å². The molecule has 3 aromatic rings. The summed E-state index contributed by atoms with van der Waals surface area (Å²) in [4.78, 5) is 59.5. The molecule has 3 aromatic carbocycles. The van der Waals surface area contributed by atoms with Crippen LogP contribution in [0.2, 0.25) is 0 Å². The van der Waals surface area contributed by atoms with Gasteiger partial charge in [0.1, 0.15) is 5.57 Å². The van der Waals surface area contributed by atoms with Gasteiger partial charge in [-0.1, -0.05) is 6.07 Å². The van der Waals surface area contributed by atoms with E-state index in [1.807, 2.05) is 5.32 Å². The number of hydrogen-bond donors (Lipinski definition) is 1. The van der Waals surface area contributed by atoms with Gasteiger partial charge in [0.2, 0.25) is 5.75 Å². The maximum atomic E-state index is 13.2. The van der Waals surface area contributed by atoms with E-state index in [-0.39, 0.29) is 27.2 Å². The van der Waals surface area contributed by atoms with Crippen LogP contribution in [0.3, 0.4) is 0 Å². The second-order valence-electron chi connectivity index (χ2n) is 8.31. The van der Waals surface area contributed by atoms with Gasteiger partial charge in [-0.15, -0.1) is 0 Å². The molecule has 13 nitrogen and oxygen atoms in total. The first-order chi connectivity index (χ1) is 19.7. The molecule has 1 saturated heterocycles. The number of carbonyl (C=O) groups is 3. The number of barbiturate groups is 1. The number of carbonyl (C=O) groups excluding carboxylic acids is 3. The van der Waals surface area contributed by atoms with Crippen molar-refractivity contribution in [1.29, 1.82) is 0 Å². The van der Waals surface area contributed by atoms with Gasteiger partial charge in [-0.05, 0) is 57.9 Å². The van der Waals surface area contributed by atoms with Crippen molar-refractivity contribution in [2.24, 2.45) is 0 Å². The number of hydrogen-bond acceptors (Lipinski definition) is 9. The molecule has 1 heterocycles. The van der Waals surface area contributed by atoms with Gasteiger partial charge in [-0.3, -0.25) is 35.1 Å². The molecule has 0 spiro atoms. The highest BCUT2D eigenvalue weighted by Crippen LogP contribution is 2.44. The summed E-state index contributed by atoms with van der Waals surface area (Å²) in [6.45, 7) is 0. The molecule has 4 amide bonds. The van der Waals surface area contributed by atoms with Crippen LogP contribution in [0.4, 0.5) is 35.0 Å². The molecule has 0 radical (unpaired) electrons. The van der Waals surface area contributed by atoms with Crippen molar-refractivity contribution in [1.82, 2.24) is 5.32 Å². The Hall–Kier alpha value is -5.32. The Morgan fingerprint density at radius 3 is 2.31 bits per heavy atom. The molecular formula is C25H14BrF3N4O9. The lowest BCUT2D eigenvalue weighted by molar-refractivity contribution is -0.385. The number of urea groups is 1. The Morgan fingerprint density at radius 1 is 0.976 bits per heavy atom. The van der Waals surface area contributed by atoms with Gasteiger partial charge < -0.3 is 9.47 Å².